The lowest BCUT2D eigenvalue weighted by atomic mass is 10.1. The van der Waals surface area contributed by atoms with Crippen molar-refractivity contribution in [3.63, 3.8) is 0 Å². The van der Waals surface area contributed by atoms with E-state index in [0.29, 0.717) is 36.8 Å². The van der Waals surface area contributed by atoms with Crippen molar-refractivity contribution in [3.05, 3.63) is 64.1 Å². The zero-order chi connectivity index (χ0) is 18.5. The van der Waals surface area contributed by atoms with Crippen molar-refractivity contribution in [3.8, 4) is 0 Å². The Morgan fingerprint density at radius 1 is 0.889 bits per heavy atom. The van der Waals surface area contributed by atoms with Gasteiger partial charge in [0.1, 0.15) is 0 Å². The Morgan fingerprint density at radius 2 is 1.52 bits per heavy atom. The van der Waals surface area contributed by atoms with Gasteiger partial charge in [-0.3, -0.25) is 9.59 Å². The van der Waals surface area contributed by atoms with Gasteiger partial charge in [-0.1, -0.05) is 47.5 Å². The Kier molecular flexibility index (Phi) is 7.78. The molecule has 1 N–H and O–H groups in total. The van der Waals surface area contributed by atoms with Crippen LogP contribution in [0.5, 0.6) is 0 Å². The largest absolute Gasteiger partial charge is 0.376 e. The lowest BCUT2D eigenvalue weighted by Crippen LogP contribution is -2.51. The minimum absolute atomic E-state index is 0. The standard InChI is InChI=1S/C19H19Cl2N3O2.ClH/c20-16-8-4-7-15(18(16)21)19(26)24-11-9-23(10-12-24)17(25)13-22-14-5-2-1-3-6-14;/h1-8,22H,9-13H2;1H. The molecule has 0 bridgehead atoms. The Morgan fingerprint density at radius 3 is 2.19 bits per heavy atom. The predicted octanol–water partition coefficient (Wildman–Crippen LogP) is 3.81. The van der Waals surface area contributed by atoms with E-state index in [4.69, 9.17) is 23.2 Å². The number of rotatable bonds is 4. The maximum atomic E-state index is 12.6. The van der Waals surface area contributed by atoms with E-state index in [1.54, 1.807) is 28.0 Å². The first-order valence-corrected chi connectivity index (χ1v) is 9.12. The third-order valence-electron chi connectivity index (χ3n) is 4.32. The first-order valence-electron chi connectivity index (χ1n) is 8.36. The molecule has 0 spiro atoms. The minimum Gasteiger partial charge on any atom is -0.376 e. The van der Waals surface area contributed by atoms with Crippen LogP contribution < -0.4 is 5.32 Å². The highest BCUT2D eigenvalue weighted by atomic mass is 35.5. The average Bonchev–Trinajstić information content (AvgIpc) is 2.68. The number of para-hydroxylation sites is 1. The molecule has 3 rings (SSSR count). The minimum atomic E-state index is -0.160. The monoisotopic (exact) mass is 427 g/mol. The number of halogens is 3. The van der Waals surface area contributed by atoms with Crippen LogP contribution >= 0.6 is 35.6 Å². The zero-order valence-electron chi connectivity index (χ0n) is 14.5. The second kappa shape index (κ2) is 9.83. The van der Waals surface area contributed by atoms with Crippen molar-refractivity contribution in [2.24, 2.45) is 0 Å². The van der Waals surface area contributed by atoms with Crippen molar-refractivity contribution >= 4 is 53.1 Å². The lowest BCUT2D eigenvalue weighted by molar-refractivity contribution is -0.130. The molecule has 0 atom stereocenters. The Bertz CT molecular complexity index is 794. The summed E-state index contributed by atoms with van der Waals surface area (Å²) in [5, 5.41) is 3.74. The van der Waals surface area contributed by atoms with Crippen LogP contribution in [-0.2, 0) is 4.79 Å². The molecule has 2 amide bonds. The lowest BCUT2D eigenvalue weighted by Gasteiger charge is -2.35. The summed E-state index contributed by atoms with van der Waals surface area (Å²) in [6, 6.07) is 14.6. The van der Waals surface area contributed by atoms with Gasteiger partial charge in [-0.15, -0.1) is 12.4 Å². The van der Waals surface area contributed by atoms with Crippen LogP contribution in [0.4, 0.5) is 5.69 Å². The molecule has 1 saturated heterocycles. The van der Waals surface area contributed by atoms with Gasteiger partial charge in [-0.05, 0) is 24.3 Å². The number of nitrogens with one attached hydrogen (secondary N) is 1. The third-order valence-corrected chi connectivity index (χ3v) is 5.14. The van der Waals surface area contributed by atoms with Gasteiger partial charge in [-0.2, -0.15) is 0 Å². The molecule has 1 fully saturated rings. The molecule has 0 saturated carbocycles. The van der Waals surface area contributed by atoms with Gasteiger partial charge in [0.15, 0.2) is 0 Å². The topological polar surface area (TPSA) is 52.7 Å². The summed E-state index contributed by atoms with van der Waals surface area (Å²) in [6.45, 7) is 2.17. The van der Waals surface area contributed by atoms with Crippen molar-refractivity contribution in [1.82, 2.24) is 9.80 Å². The van der Waals surface area contributed by atoms with Gasteiger partial charge in [-0.25, -0.2) is 0 Å². The van der Waals surface area contributed by atoms with E-state index < -0.39 is 0 Å². The van der Waals surface area contributed by atoms with Crippen LogP contribution in [-0.4, -0.2) is 54.3 Å². The van der Waals surface area contributed by atoms with Crippen molar-refractivity contribution in [2.45, 2.75) is 0 Å². The highest BCUT2D eigenvalue weighted by Gasteiger charge is 2.26. The molecule has 0 aromatic heterocycles. The molecule has 1 heterocycles. The average molecular weight is 429 g/mol. The van der Waals surface area contributed by atoms with Gasteiger partial charge in [0.25, 0.3) is 5.91 Å². The van der Waals surface area contributed by atoms with E-state index in [9.17, 15) is 9.59 Å². The van der Waals surface area contributed by atoms with E-state index in [0.717, 1.165) is 5.69 Å². The fraction of sp³-hybridized carbons (Fsp3) is 0.263. The van der Waals surface area contributed by atoms with Gasteiger partial charge in [0, 0.05) is 31.9 Å². The number of anilines is 1. The Hall–Kier alpha value is -1.95. The molecule has 1 aliphatic rings. The number of hydrogen-bond acceptors (Lipinski definition) is 3. The van der Waals surface area contributed by atoms with Crippen LogP contribution in [0.3, 0.4) is 0 Å². The molecule has 0 unspecified atom stereocenters. The molecule has 1 aliphatic heterocycles. The summed E-state index contributed by atoms with van der Waals surface area (Å²) in [5.41, 5.74) is 1.30. The summed E-state index contributed by atoms with van der Waals surface area (Å²) in [5.74, 6) is -0.145. The van der Waals surface area contributed by atoms with E-state index >= 15 is 0 Å². The second-order valence-corrected chi connectivity index (χ2v) is 6.78. The molecule has 2 aromatic carbocycles. The van der Waals surface area contributed by atoms with Gasteiger partial charge in [0.2, 0.25) is 5.91 Å². The molecule has 2 aromatic rings. The van der Waals surface area contributed by atoms with E-state index in [1.165, 1.54) is 0 Å². The van der Waals surface area contributed by atoms with E-state index in [2.05, 4.69) is 5.32 Å². The van der Waals surface area contributed by atoms with Crippen molar-refractivity contribution < 1.29 is 9.59 Å². The number of amides is 2. The first-order chi connectivity index (χ1) is 12.6. The quantitative estimate of drug-likeness (QED) is 0.805. The Labute approximate surface area is 174 Å². The second-order valence-electron chi connectivity index (χ2n) is 5.99. The number of piperazine rings is 1. The molecular weight excluding hydrogens is 409 g/mol. The maximum absolute atomic E-state index is 12.6. The molecule has 8 heteroatoms. The summed E-state index contributed by atoms with van der Waals surface area (Å²) in [6.07, 6.45) is 0. The Balaban J connectivity index is 0.00000261. The molecule has 144 valence electrons. The maximum Gasteiger partial charge on any atom is 0.255 e. The number of benzene rings is 2. The number of hydrogen-bond donors (Lipinski definition) is 1. The SMILES string of the molecule is Cl.O=C(CNc1ccccc1)N1CCN(C(=O)c2cccc(Cl)c2Cl)CC1. The molecule has 0 aliphatic carbocycles. The number of nitrogens with zero attached hydrogens (tertiary/aromatic N) is 2. The normalized spacial score (nSPS) is 13.7. The molecule has 0 radical (unpaired) electrons. The van der Waals surface area contributed by atoms with Crippen LogP contribution in [0.15, 0.2) is 48.5 Å². The first kappa shape index (κ1) is 21.4. The van der Waals surface area contributed by atoms with Crippen LogP contribution in [0.1, 0.15) is 10.4 Å². The molecular formula is C19H20Cl3N3O2. The third kappa shape index (κ3) is 5.28. The highest BCUT2D eigenvalue weighted by molar-refractivity contribution is 6.43. The number of carbonyl (C=O) groups excluding carboxylic acids is 2. The highest BCUT2D eigenvalue weighted by Crippen LogP contribution is 2.26. The van der Waals surface area contributed by atoms with Crippen molar-refractivity contribution in [2.75, 3.05) is 38.0 Å². The van der Waals surface area contributed by atoms with Crippen LogP contribution in [0, 0.1) is 0 Å². The fourth-order valence-corrected chi connectivity index (χ4v) is 3.23. The molecule has 27 heavy (non-hydrogen) atoms. The van der Waals surface area contributed by atoms with Gasteiger partial charge >= 0.3 is 0 Å². The van der Waals surface area contributed by atoms with Gasteiger partial charge < -0.3 is 15.1 Å². The summed E-state index contributed by atoms with van der Waals surface area (Å²) < 4.78 is 0. The predicted molar refractivity (Wildman–Crippen MR) is 111 cm³/mol. The van der Waals surface area contributed by atoms with E-state index in [1.807, 2.05) is 30.3 Å². The van der Waals surface area contributed by atoms with Crippen molar-refractivity contribution in [1.29, 1.82) is 0 Å². The van der Waals surface area contributed by atoms with Crippen LogP contribution in [0.25, 0.3) is 0 Å². The summed E-state index contributed by atoms with van der Waals surface area (Å²) in [4.78, 5) is 28.4. The molecule has 5 nitrogen and oxygen atoms in total. The summed E-state index contributed by atoms with van der Waals surface area (Å²) >= 11 is 12.1. The van der Waals surface area contributed by atoms with Gasteiger partial charge in [0.05, 0.1) is 22.2 Å². The summed E-state index contributed by atoms with van der Waals surface area (Å²) in [7, 11) is 0. The smallest absolute Gasteiger partial charge is 0.255 e. The van der Waals surface area contributed by atoms with Crippen LogP contribution in [0.2, 0.25) is 10.0 Å². The fourth-order valence-electron chi connectivity index (χ4n) is 2.84. The zero-order valence-corrected chi connectivity index (χ0v) is 16.9. The number of carbonyl (C=O) groups is 2. The van der Waals surface area contributed by atoms with E-state index in [-0.39, 0.29) is 35.8 Å².